The second-order valence-electron chi connectivity index (χ2n) is 12.5. The van der Waals surface area contributed by atoms with Crippen LogP contribution in [0.1, 0.15) is 93.7 Å². The number of aromatic nitrogens is 3. The second-order valence-corrected chi connectivity index (χ2v) is 13.3. The minimum atomic E-state index is -3.02. The van der Waals surface area contributed by atoms with Gasteiger partial charge in [-0.25, -0.2) is 13.8 Å². The van der Waals surface area contributed by atoms with Gasteiger partial charge in [-0.3, -0.25) is 9.48 Å². The quantitative estimate of drug-likeness (QED) is 0.185. The highest BCUT2D eigenvalue weighted by atomic mass is 35.5. The molecule has 1 aliphatic carbocycles. The third-order valence-corrected chi connectivity index (χ3v) is 7.99. The standard InChI is InChI=1S/C23H35F2N3O3.C7H7Cl2N/c1-16(30)22(5)9-7-17(8-10-22)28-19(13-23(6,24)25)18(14-26-28)20(31)27(11-12-29)15-21(2,3)4;1-4-3-6(8)5(2)7(9)10-4/h12,14,17,30H,1,7-11,13,15H2,2-6H3;3H,1-2H3. The molecule has 2 aromatic rings. The number of amides is 1. The van der Waals surface area contributed by atoms with Crippen LogP contribution in [-0.4, -0.2) is 56.0 Å². The van der Waals surface area contributed by atoms with Gasteiger partial charge >= 0.3 is 0 Å². The van der Waals surface area contributed by atoms with E-state index in [1.165, 1.54) is 11.1 Å². The van der Waals surface area contributed by atoms with E-state index in [9.17, 15) is 23.5 Å². The minimum Gasteiger partial charge on any atom is -0.512 e. The SMILES string of the molecule is C=C(O)C1(C)CCC(n2ncc(C(=O)N(CC=O)CC(C)(C)C)c2CC(C)(F)F)CC1.Cc1cc(Cl)c(C)c(Cl)n1. The van der Waals surface area contributed by atoms with Crippen LogP contribution in [0, 0.1) is 24.7 Å². The summed E-state index contributed by atoms with van der Waals surface area (Å²) in [7, 11) is 0. The van der Waals surface area contributed by atoms with Gasteiger partial charge in [0.15, 0.2) is 0 Å². The van der Waals surface area contributed by atoms with Gasteiger partial charge in [-0.1, -0.05) is 57.5 Å². The number of aliphatic hydroxyl groups excluding tert-OH is 1. The normalized spacial score (nSPS) is 19.2. The number of alkyl halides is 2. The topological polar surface area (TPSA) is 88.3 Å². The lowest BCUT2D eigenvalue weighted by atomic mass is 9.73. The Balaban J connectivity index is 0.000000493. The van der Waals surface area contributed by atoms with E-state index < -0.39 is 23.7 Å². The first-order valence-corrected chi connectivity index (χ1v) is 14.4. The van der Waals surface area contributed by atoms with Crippen LogP contribution in [0.2, 0.25) is 10.2 Å². The van der Waals surface area contributed by atoms with Gasteiger partial charge in [0, 0.05) is 28.2 Å². The van der Waals surface area contributed by atoms with Crippen molar-refractivity contribution in [1.82, 2.24) is 19.7 Å². The molecule has 2 heterocycles. The molecule has 1 aliphatic rings. The highest BCUT2D eigenvalue weighted by Gasteiger charge is 2.37. The van der Waals surface area contributed by atoms with Crippen LogP contribution in [-0.2, 0) is 11.2 Å². The number of hydrogen-bond acceptors (Lipinski definition) is 5. The molecule has 0 saturated heterocycles. The Hall–Kier alpha value is -2.52. The van der Waals surface area contributed by atoms with E-state index in [-0.39, 0.29) is 35.0 Å². The van der Waals surface area contributed by atoms with E-state index in [1.807, 2.05) is 41.5 Å². The Labute approximate surface area is 251 Å². The lowest BCUT2D eigenvalue weighted by molar-refractivity contribution is -0.108. The summed E-state index contributed by atoms with van der Waals surface area (Å²) < 4.78 is 29.7. The summed E-state index contributed by atoms with van der Waals surface area (Å²) in [6.07, 6.45) is 3.95. The van der Waals surface area contributed by atoms with Crippen LogP contribution in [0.5, 0.6) is 0 Å². The third kappa shape index (κ3) is 9.77. The third-order valence-electron chi connectivity index (χ3n) is 7.23. The van der Waals surface area contributed by atoms with E-state index in [0.717, 1.165) is 18.2 Å². The van der Waals surface area contributed by atoms with Crippen LogP contribution in [0.25, 0.3) is 0 Å². The number of aliphatic hydroxyl groups is 1. The fourth-order valence-electron chi connectivity index (χ4n) is 4.84. The Morgan fingerprint density at radius 1 is 1.24 bits per heavy atom. The highest BCUT2D eigenvalue weighted by Crippen LogP contribution is 2.44. The van der Waals surface area contributed by atoms with Gasteiger partial charge in [0.25, 0.3) is 11.8 Å². The molecule has 1 fully saturated rings. The van der Waals surface area contributed by atoms with Crippen molar-refractivity contribution in [3.63, 3.8) is 0 Å². The first kappa shape index (κ1) is 34.7. The van der Waals surface area contributed by atoms with Crippen molar-refractivity contribution in [2.45, 2.75) is 92.5 Å². The number of carbonyl (C=O) groups is 2. The highest BCUT2D eigenvalue weighted by molar-refractivity contribution is 6.35. The van der Waals surface area contributed by atoms with Crippen molar-refractivity contribution < 1.29 is 23.5 Å². The smallest absolute Gasteiger partial charge is 0.257 e. The predicted molar refractivity (Wildman–Crippen MR) is 159 cm³/mol. The average Bonchev–Trinajstić information content (AvgIpc) is 3.23. The number of rotatable bonds is 8. The molecule has 0 atom stereocenters. The number of carbonyl (C=O) groups excluding carboxylic acids is 2. The monoisotopic (exact) mass is 614 g/mol. The van der Waals surface area contributed by atoms with Crippen LogP contribution < -0.4 is 0 Å². The number of allylic oxidation sites excluding steroid dienone is 1. The van der Waals surface area contributed by atoms with Crippen molar-refractivity contribution in [1.29, 1.82) is 0 Å². The van der Waals surface area contributed by atoms with Gasteiger partial charge in [-0.05, 0) is 57.9 Å². The van der Waals surface area contributed by atoms with Crippen molar-refractivity contribution in [2.24, 2.45) is 10.8 Å². The maximum absolute atomic E-state index is 14.1. The van der Waals surface area contributed by atoms with Gasteiger partial charge in [-0.2, -0.15) is 5.10 Å². The fourth-order valence-corrected chi connectivity index (χ4v) is 5.37. The fraction of sp³-hybridized carbons (Fsp3) is 0.600. The summed E-state index contributed by atoms with van der Waals surface area (Å²) in [6, 6.07) is 1.65. The van der Waals surface area contributed by atoms with Gasteiger partial charge in [-0.15, -0.1) is 0 Å². The predicted octanol–water partition coefficient (Wildman–Crippen LogP) is 7.97. The molecule has 0 spiro atoms. The summed E-state index contributed by atoms with van der Waals surface area (Å²) >= 11 is 11.5. The zero-order valence-corrected chi connectivity index (χ0v) is 26.5. The maximum atomic E-state index is 14.1. The molecule has 1 N–H and O–H groups in total. The van der Waals surface area contributed by atoms with Crippen LogP contribution in [0.3, 0.4) is 0 Å². The molecule has 1 amide bonds. The number of aryl methyl sites for hydroxylation is 1. The zero-order valence-electron chi connectivity index (χ0n) is 25.0. The molecule has 0 radical (unpaired) electrons. The molecule has 1 saturated carbocycles. The summed E-state index contributed by atoms with van der Waals surface area (Å²) in [5.41, 5.74) is 1.34. The molecule has 0 aliphatic heterocycles. The van der Waals surface area contributed by atoms with Gasteiger partial charge in [0.2, 0.25) is 0 Å². The Morgan fingerprint density at radius 3 is 2.29 bits per heavy atom. The van der Waals surface area contributed by atoms with Gasteiger partial charge < -0.3 is 14.8 Å². The summed E-state index contributed by atoms with van der Waals surface area (Å²) in [5.74, 6) is -3.35. The number of hydrogen-bond donors (Lipinski definition) is 1. The molecule has 41 heavy (non-hydrogen) atoms. The van der Waals surface area contributed by atoms with Crippen LogP contribution in [0.4, 0.5) is 8.78 Å². The lowest BCUT2D eigenvalue weighted by Crippen LogP contribution is -2.39. The molecule has 0 bridgehead atoms. The lowest BCUT2D eigenvalue weighted by Gasteiger charge is -2.37. The Kier molecular flexibility index (Phi) is 11.5. The number of aldehydes is 1. The van der Waals surface area contributed by atoms with Crippen LogP contribution in [0.15, 0.2) is 24.6 Å². The van der Waals surface area contributed by atoms with Crippen molar-refractivity contribution in [3.05, 3.63) is 57.3 Å². The van der Waals surface area contributed by atoms with E-state index >= 15 is 0 Å². The minimum absolute atomic E-state index is 0.108. The van der Waals surface area contributed by atoms with Gasteiger partial charge in [0.1, 0.15) is 11.4 Å². The number of pyridine rings is 1. The molecule has 0 aromatic carbocycles. The first-order valence-electron chi connectivity index (χ1n) is 13.6. The van der Waals surface area contributed by atoms with Crippen molar-refractivity contribution in [2.75, 3.05) is 13.1 Å². The molecular weight excluding hydrogens is 573 g/mol. The zero-order chi connectivity index (χ0) is 31.3. The Bertz CT molecular complexity index is 1220. The molecular formula is C30H42Cl2F2N4O3. The number of halogens is 4. The van der Waals surface area contributed by atoms with Crippen molar-refractivity contribution >= 4 is 35.4 Å². The van der Waals surface area contributed by atoms with E-state index in [0.29, 0.717) is 48.7 Å². The summed E-state index contributed by atoms with van der Waals surface area (Å²) in [4.78, 5) is 29.8. The van der Waals surface area contributed by atoms with E-state index in [4.69, 9.17) is 23.2 Å². The molecule has 7 nitrogen and oxygen atoms in total. The molecule has 2 aromatic heterocycles. The van der Waals surface area contributed by atoms with Crippen LogP contribution >= 0.6 is 23.2 Å². The molecule has 11 heteroatoms. The summed E-state index contributed by atoms with van der Waals surface area (Å²) in [5, 5.41) is 15.4. The molecule has 3 rings (SSSR count). The average molecular weight is 616 g/mol. The van der Waals surface area contributed by atoms with E-state index in [1.54, 1.807) is 10.7 Å². The second kappa shape index (κ2) is 13.6. The summed E-state index contributed by atoms with van der Waals surface area (Å²) in [6.45, 7) is 16.2. The Morgan fingerprint density at radius 2 is 1.83 bits per heavy atom. The van der Waals surface area contributed by atoms with E-state index in [2.05, 4.69) is 16.7 Å². The largest absolute Gasteiger partial charge is 0.512 e. The number of nitrogens with zero attached hydrogens (tertiary/aromatic N) is 4. The molecule has 228 valence electrons. The first-order chi connectivity index (χ1) is 18.8. The molecule has 0 unspecified atom stereocenters. The van der Waals surface area contributed by atoms with Crippen molar-refractivity contribution in [3.8, 4) is 0 Å². The van der Waals surface area contributed by atoms with Gasteiger partial charge in [0.05, 0.1) is 42.2 Å². The maximum Gasteiger partial charge on any atom is 0.257 e.